The van der Waals surface area contributed by atoms with Crippen LogP contribution in [0.2, 0.25) is 0 Å². The monoisotopic (exact) mass is 302 g/mol. The maximum Gasteiger partial charge on any atom is 0.269 e. The number of amides is 1. The Labute approximate surface area is 123 Å². The Hall–Kier alpha value is -2.12. The fourth-order valence-corrected chi connectivity index (χ4v) is 3.11. The maximum atomic E-state index is 12.2. The van der Waals surface area contributed by atoms with Crippen LogP contribution >= 0.6 is 22.7 Å². The Morgan fingerprint density at radius 2 is 2.15 bits per heavy atom. The van der Waals surface area contributed by atoms with Crippen molar-refractivity contribution in [1.29, 1.82) is 0 Å². The lowest BCUT2D eigenvalue weighted by atomic mass is 10.3. The van der Waals surface area contributed by atoms with Gasteiger partial charge in [0.15, 0.2) is 5.13 Å². The summed E-state index contributed by atoms with van der Waals surface area (Å²) in [7, 11) is 0. The van der Waals surface area contributed by atoms with E-state index in [1.807, 2.05) is 30.5 Å². The van der Waals surface area contributed by atoms with E-state index in [4.69, 9.17) is 0 Å². The fourth-order valence-electron chi connectivity index (χ4n) is 1.64. The van der Waals surface area contributed by atoms with Crippen LogP contribution in [0, 0.1) is 6.92 Å². The number of carbonyl (C=O) groups is 1. The van der Waals surface area contributed by atoms with Crippen molar-refractivity contribution in [2.75, 3.05) is 5.32 Å². The van der Waals surface area contributed by atoms with Crippen LogP contribution in [0.4, 0.5) is 5.13 Å². The number of thiazole rings is 2. The summed E-state index contributed by atoms with van der Waals surface area (Å²) < 4.78 is 0. The molecule has 5 nitrogen and oxygen atoms in total. The van der Waals surface area contributed by atoms with Crippen molar-refractivity contribution >= 4 is 33.7 Å². The van der Waals surface area contributed by atoms with Crippen LogP contribution in [0.5, 0.6) is 0 Å². The highest BCUT2D eigenvalue weighted by Gasteiger charge is 2.17. The van der Waals surface area contributed by atoms with E-state index in [9.17, 15) is 4.79 Å². The molecule has 0 atom stereocenters. The Balaban J connectivity index is 1.88. The molecule has 0 fully saturated rings. The first kappa shape index (κ1) is 12.9. The van der Waals surface area contributed by atoms with Gasteiger partial charge in [0.1, 0.15) is 9.88 Å². The quantitative estimate of drug-likeness (QED) is 0.806. The zero-order valence-electron chi connectivity index (χ0n) is 10.5. The molecule has 3 heterocycles. The summed E-state index contributed by atoms with van der Waals surface area (Å²) in [6.07, 6.45) is 3.36. The molecule has 0 spiro atoms. The summed E-state index contributed by atoms with van der Waals surface area (Å²) >= 11 is 2.72. The Kier molecular flexibility index (Phi) is 3.53. The number of nitrogens with zero attached hydrogens (tertiary/aromatic N) is 3. The van der Waals surface area contributed by atoms with Crippen LogP contribution in [0.3, 0.4) is 0 Å². The molecule has 0 aliphatic heterocycles. The number of rotatable bonds is 3. The number of nitrogens with one attached hydrogen (secondary N) is 1. The lowest BCUT2D eigenvalue weighted by Gasteiger charge is -1.98. The SMILES string of the molecule is Cc1nc(-c2ccccn2)sc1C(=O)Nc1nccs1. The van der Waals surface area contributed by atoms with E-state index < -0.39 is 0 Å². The Morgan fingerprint density at radius 3 is 2.85 bits per heavy atom. The van der Waals surface area contributed by atoms with Gasteiger partial charge in [0.25, 0.3) is 5.91 Å². The molecule has 3 aromatic heterocycles. The molecule has 3 rings (SSSR count). The molecule has 1 N–H and O–H groups in total. The third-order valence-electron chi connectivity index (χ3n) is 2.54. The van der Waals surface area contributed by atoms with E-state index in [-0.39, 0.29) is 5.91 Å². The van der Waals surface area contributed by atoms with Crippen molar-refractivity contribution in [1.82, 2.24) is 15.0 Å². The van der Waals surface area contributed by atoms with Crippen molar-refractivity contribution in [3.05, 3.63) is 46.5 Å². The summed E-state index contributed by atoms with van der Waals surface area (Å²) in [4.78, 5) is 25.5. The predicted octanol–water partition coefficient (Wildman–Crippen LogP) is 3.22. The molecular weight excluding hydrogens is 292 g/mol. The van der Waals surface area contributed by atoms with E-state index in [1.54, 1.807) is 12.4 Å². The largest absolute Gasteiger partial charge is 0.297 e. The molecule has 0 unspecified atom stereocenters. The predicted molar refractivity (Wildman–Crippen MR) is 80.1 cm³/mol. The highest BCUT2D eigenvalue weighted by atomic mass is 32.1. The molecule has 0 radical (unpaired) electrons. The third kappa shape index (κ3) is 2.59. The first-order valence-electron chi connectivity index (χ1n) is 5.84. The van der Waals surface area contributed by atoms with E-state index in [1.165, 1.54) is 22.7 Å². The van der Waals surface area contributed by atoms with Gasteiger partial charge in [-0.3, -0.25) is 15.1 Å². The molecule has 0 aliphatic carbocycles. The van der Waals surface area contributed by atoms with Gasteiger partial charge in [0.2, 0.25) is 0 Å². The molecule has 0 saturated heterocycles. The molecular formula is C13H10N4OS2. The summed E-state index contributed by atoms with van der Waals surface area (Å²) in [5, 5.41) is 5.90. The summed E-state index contributed by atoms with van der Waals surface area (Å²) in [6.45, 7) is 1.82. The van der Waals surface area contributed by atoms with Crippen LogP contribution in [0.25, 0.3) is 10.7 Å². The topological polar surface area (TPSA) is 67.8 Å². The van der Waals surface area contributed by atoms with Crippen molar-refractivity contribution in [3.8, 4) is 10.7 Å². The molecule has 3 aromatic rings. The van der Waals surface area contributed by atoms with Gasteiger partial charge in [-0.15, -0.1) is 22.7 Å². The van der Waals surface area contributed by atoms with E-state index in [0.29, 0.717) is 15.7 Å². The third-order valence-corrected chi connectivity index (χ3v) is 4.41. The number of hydrogen-bond acceptors (Lipinski definition) is 6. The van der Waals surface area contributed by atoms with E-state index >= 15 is 0 Å². The van der Waals surface area contributed by atoms with Gasteiger partial charge < -0.3 is 0 Å². The van der Waals surface area contributed by atoms with Gasteiger partial charge in [-0.25, -0.2) is 9.97 Å². The summed E-state index contributed by atoms with van der Waals surface area (Å²) in [6, 6.07) is 5.62. The number of anilines is 1. The molecule has 0 bridgehead atoms. The average molecular weight is 302 g/mol. The first-order chi connectivity index (χ1) is 9.74. The summed E-state index contributed by atoms with van der Waals surface area (Å²) in [5.41, 5.74) is 1.47. The minimum absolute atomic E-state index is 0.183. The zero-order valence-corrected chi connectivity index (χ0v) is 12.2. The van der Waals surface area contributed by atoms with Crippen molar-refractivity contribution in [3.63, 3.8) is 0 Å². The van der Waals surface area contributed by atoms with Gasteiger partial charge in [0.05, 0.1) is 11.4 Å². The first-order valence-corrected chi connectivity index (χ1v) is 7.53. The van der Waals surface area contributed by atoms with Crippen LogP contribution < -0.4 is 5.32 Å². The van der Waals surface area contributed by atoms with Gasteiger partial charge in [0, 0.05) is 17.8 Å². The Morgan fingerprint density at radius 1 is 1.25 bits per heavy atom. The highest BCUT2D eigenvalue weighted by Crippen LogP contribution is 2.27. The minimum Gasteiger partial charge on any atom is -0.297 e. The lowest BCUT2D eigenvalue weighted by molar-refractivity contribution is 0.103. The van der Waals surface area contributed by atoms with Gasteiger partial charge in [-0.2, -0.15) is 0 Å². The second-order valence-corrected chi connectivity index (χ2v) is 5.83. The van der Waals surface area contributed by atoms with Crippen LogP contribution in [0.15, 0.2) is 36.0 Å². The molecule has 0 saturated carbocycles. The van der Waals surface area contributed by atoms with Crippen LogP contribution in [-0.4, -0.2) is 20.9 Å². The molecule has 0 aromatic carbocycles. The van der Waals surface area contributed by atoms with Crippen molar-refractivity contribution in [2.24, 2.45) is 0 Å². The minimum atomic E-state index is -0.183. The number of aromatic nitrogens is 3. The number of hydrogen-bond donors (Lipinski definition) is 1. The normalized spacial score (nSPS) is 10.4. The van der Waals surface area contributed by atoms with Gasteiger partial charge >= 0.3 is 0 Å². The zero-order chi connectivity index (χ0) is 13.9. The maximum absolute atomic E-state index is 12.2. The van der Waals surface area contributed by atoms with Gasteiger partial charge in [-0.05, 0) is 19.1 Å². The molecule has 7 heteroatoms. The van der Waals surface area contributed by atoms with Crippen molar-refractivity contribution < 1.29 is 4.79 Å². The molecule has 1 amide bonds. The summed E-state index contributed by atoms with van der Waals surface area (Å²) in [5.74, 6) is -0.183. The van der Waals surface area contributed by atoms with E-state index in [2.05, 4.69) is 20.3 Å². The highest BCUT2D eigenvalue weighted by molar-refractivity contribution is 7.17. The number of aryl methyl sites for hydroxylation is 1. The number of carbonyl (C=O) groups excluding carboxylic acids is 1. The smallest absolute Gasteiger partial charge is 0.269 e. The molecule has 20 heavy (non-hydrogen) atoms. The lowest BCUT2D eigenvalue weighted by Crippen LogP contribution is -2.11. The van der Waals surface area contributed by atoms with Gasteiger partial charge in [-0.1, -0.05) is 6.07 Å². The Bertz CT molecular complexity index is 722. The van der Waals surface area contributed by atoms with E-state index in [0.717, 1.165) is 10.7 Å². The second-order valence-electron chi connectivity index (χ2n) is 3.94. The van der Waals surface area contributed by atoms with Crippen molar-refractivity contribution in [2.45, 2.75) is 6.92 Å². The standard InChI is InChI=1S/C13H10N4OS2/c1-8-10(11(18)17-13-15-6-7-19-13)20-12(16-8)9-4-2-3-5-14-9/h2-7H,1H3,(H,15,17,18). The van der Waals surface area contributed by atoms with Crippen LogP contribution in [0.1, 0.15) is 15.4 Å². The number of pyridine rings is 1. The average Bonchev–Trinajstić information content (AvgIpc) is 3.09. The second kappa shape index (κ2) is 5.48. The molecule has 0 aliphatic rings. The molecule has 100 valence electrons. The van der Waals surface area contributed by atoms with Crippen LogP contribution in [-0.2, 0) is 0 Å². The fraction of sp³-hybridized carbons (Fsp3) is 0.0769.